The zero-order chi connectivity index (χ0) is 17.8. The predicted molar refractivity (Wildman–Crippen MR) is 109 cm³/mol. The van der Waals surface area contributed by atoms with E-state index in [1.165, 1.54) is 11.1 Å². The normalized spacial score (nSPS) is 20.8. The summed E-state index contributed by atoms with van der Waals surface area (Å²) < 4.78 is 6.20. The number of nitrogens with one attached hydrogen (secondary N) is 1. The molecule has 2 atom stereocenters. The maximum Gasteiger partial charge on any atom is 0.0995 e. The third-order valence-corrected chi connectivity index (χ3v) is 5.56. The number of ether oxygens (including phenoxy) is 1. The van der Waals surface area contributed by atoms with Crippen LogP contribution in [0, 0.1) is 11.3 Å². The molecule has 4 rings (SSSR count). The molecule has 0 radical (unpaired) electrons. The number of fused-ring (bicyclic) bond motifs is 1. The monoisotopic (exact) mass is 383 g/mol. The van der Waals surface area contributed by atoms with Gasteiger partial charge in [-0.3, -0.25) is 4.90 Å². The Hall–Kier alpha value is -1.90. The van der Waals surface area contributed by atoms with Crippen LogP contribution >= 0.6 is 12.4 Å². The Morgan fingerprint density at radius 3 is 2.67 bits per heavy atom. The van der Waals surface area contributed by atoms with Gasteiger partial charge in [-0.15, -0.1) is 12.4 Å². The third kappa shape index (κ3) is 4.34. The van der Waals surface area contributed by atoms with Crippen molar-refractivity contribution in [2.24, 2.45) is 0 Å². The molecule has 2 unspecified atom stereocenters. The Morgan fingerprint density at radius 2 is 1.85 bits per heavy atom. The molecule has 2 aromatic carbocycles. The third-order valence-electron chi connectivity index (χ3n) is 5.56. The lowest BCUT2D eigenvalue weighted by molar-refractivity contribution is 0.0119. The minimum absolute atomic E-state index is 0. The van der Waals surface area contributed by atoms with E-state index in [0.717, 1.165) is 56.8 Å². The van der Waals surface area contributed by atoms with Crippen LogP contribution in [0.15, 0.2) is 48.5 Å². The molecule has 1 saturated heterocycles. The first-order chi connectivity index (χ1) is 12.9. The Labute approximate surface area is 167 Å². The van der Waals surface area contributed by atoms with Crippen molar-refractivity contribution < 1.29 is 4.74 Å². The Bertz CT molecular complexity index is 798. The molecule has 2 aliphatic rings. The maximum atomic E-state index is 9.62. The van der Waals surface area contributed by atoms with E-state index in [-0.39, 0.29) is 24.6 Å². The van der Waals surface area contributed by atoms with E-state index < -0.39 is 0 Å². The lowest BCUT2D eigenvalue weighted by Crippen LogP contribution is -2.45. The second kappa shape index (κ2) is 9.34. The number of hydrogen-bond acceptors (Lipinski definition) is 4. The van der Waals surface area contributed by atoms with E-state index in [1.807, 2.05) is 18.2 Å². The molecular formula is C22H26ClN3O. The van der Waals surface area contributed by atoms with E-state index >= 15 is 0 Å². The van der Waals surface area contributed by atoms with Gasteiger partial charge in [0.05, 0.1) is 24.3 Å². The average Bonchev–Trinajstić information content (AvgIpc) is 2.73. The van der Waals surface area contributed by atoms with Gasteiger partial charge in [-0.1, -0.05) is 42.5 Å². The fourth-order valence-electron chi connectivity index (χ4n) is 4.23. The van der Waals surface area contributed by atoms with Crippen molar-refractivity contribution in [3.63, 3.8) is 0 Å². The maximum absolute atomic E-state index is 9.62. The number of halogens is 1. The van der Waals surface area contributed by atoms with Crippen LogP contribution in [0.25, 0.3) is 0 Å². The van der Waals surface area contributed by atoms with Crippen LogP contribution in [-0.2, 0) is 11.2 Å². The summed E-state index contributed by atoms with van der Waals surface area (Å²) in [5.41, 5.74) is 4.62. The lowest BCUT2D eigenvalue weighted by atomic mass is 9.89. The molecule has 2 aromatic rings. The fourth-order valence-corrected chi connectivity index (χ4v) is 4.23. The van der Waals surface area contributed by atoms with Crippen molar-refractivity contribution in [3.8, 4) is 6.07 Å². The predicted octanol–water partition coefficient (Wildman–Crippen LogP) is 3.63. The molecule has 5 heteroatoms. The molecule has 0 aromatic heterocycles. The summed E-state index contributed by atoms with van der Waals surface area (Å²) in [7, 11) is 0. The second-order valence-electron chi connectivity index (χ2n) is 7.04. The van der Waals surface area contributed by atoms with Crippen molar-refractivity contribution >= 4 is 12.4 Å². The van der Waals surface area contributed by atoms with Gasteiger partial charge in [0.1, 0.15) is 0 Å². The molecule has 27 heavy (non-hydrogen) atoms. The molecule has 0 bridgehead atoms. The standard InChI is InChI=1S/C22H25N3O.ClH/c23-16-18-6-2-3-7-19(18)21(25-12-10-24-11-13-25)15-22-20-8-4-1-5-17(20)9-14-26-22;/h1-8,21-22,24H,9-15H2;1H. The van der Waals surface area contributed by atoms with Crippen molar-refractivity contribution in [1.82, 2.24) is 10.2 Å². The molecule has 0 aliphatic carbocycles. The number of nitriles is 1. The molecule has 1 N–H and O–H groups in total. The van der Waals surface area contributed by atoms with Gasteiger partial charge in [0.2, 0.25) is 0 Å². The van der Waals surface area contributed by atoms with E-state index in [0.29, 0.717) is 0 Å². The van der Waals surface area contributed by atoms with Crippen molar-refractivity contribution in [2.75, 3.05) is 32.8 Å². The first-order valence-electron chi connectivity index (χ1n) is 9.50. The van der Waals surface area contributed by atoms with Gasteiger partial charge in [0.15, 0.2) is 0 Å². The van der Waals surface area contributed by atoms with Crippen LogP contribution < -0.4 is 5.32 Å². The smallest absolute Gasteiger partial charge is 0.0995 e. The zero-order valence-electron chi connectivity index (χ0n) is 15.4. The molecule has 142 valence electrons. The van der Waals surface area contributed by atoms with Crippen molar-refractivity contribution in [1.29, 1.82) is 5.26 Å². The average molecular weight is 384 g/mol. The van der Waals surface area contributed by atoms with Crippen LogP contribution in [0.4, 0.5) is 0 Å². The summed E-state index contributed by atoms with van der Waals surface area (Å²) in [5.74, 6) is 0. The minimum Gasteiger partial charge on any atom is -0.373 e. The first kappa shape index (κ1) is 19.9. The summed E-state index contributed by atoms with van der Waals surface area (Å²) in [6.07, 6.45) is 1.96. The van der Waals surface area contributed by atoms with Crippen LogP contribution in [0.5, 0.6) is 0 Å². The molecule has 2 heterocycles. The molecule has 0 spiro atoms. The summed E-state index contributed by atoms with van der Waals surface area (Å²) in [6.45, 7) is 4.76. The summed E-state index contributed by atoms with van der Waals surface area (Å²) in [6, 6.07) is 19.2. The Morgan fingerprint density at radius 1 is 1.11 bits per heavy atom. The lowest BCUT2D eigenvalue weighted by Gasteiger charge is -2.38. The zero-order valence-corrected chi connectivity index (χ0v) is 16.3. The van der Waals surface area contributed by atoms with Crippen molar-refractivity contribution in [2.45, 2.75) is 25.0 Å². The van der Waals surface area contributed by atoms with Crippen molar-refractivity contribution in [3.05, 3.63) is 70.8 Å². The Balaban J connectivity index is 0.00000210. The number of benzene rings is 2. The fraction of sp³-hybridized carbons (Fsp3) is 0.409. The number of piperazine rings is 1. The highest BCUT2D eigenvalue weighted by molar-refractivity contribution is 5.85. The summed E-state index contributed by atoms with van der Waals surface area (Å²) in [5, 5.41) is 13.0. The van der Waals surface area contributed by atoms with E-state index in [4.69, 9.17) is 4.74 Å². The van der Waals surface area contributed by atoms with Gasteiger partial charge in [-0.25, -0.2) is 0 Å². The molecule has 1 fully saturated rings. The first-order valence-corrected chi connectivity index (χ1v) is 9.50. The van der Waals surface area contributed by atoms with E-state index in [9.17, 15) is 5.26 Å². The molecule has 0 amide bonds. The number of hydrogen-bond donors (Lipinski definition) is 1. The number of nitrogens with zero attached hydrogens (tertiary/aromatic N) is 2. The topological polar surface area (TPSA) is 48.3 Å². The van der Waals surface area contributed by atoms with Gasteiger partial charge >= 0.3 is 0 Å². The molecule has 4 nitrogen and oxygen atoms in total. The Kier molecular flexibility index (Phi) is 6.87. The summed E-state index contributed by atoms with van der Waals surface area (Å²) >= 11 is 0. The highest BCUT2D eigenvalue weighted by Crippen LogP contribution is 2.38. The molecule has 2 aliphatic heterocycles. The highest BCUT2D eigenvalue weighted by Gasteiger charge is 2.30. The second-order valence-corrected chi connectivity index (χ2v) is 7.04. The van der Waals surface area contributed by atoms with E-state index in [2.05, 4.69) is 46.6 Å². The SMILES string of the molecule is Cl.N#Cc1ccccc1C(CC1OCCc2ccccc21)N1CCNCC1. The summed E-state index contributed by atoms with van der Waals surface area (Å²) in [4.78, 5) is 2.51. The highest BCUT2D eigenvalue weighted by atomic mass is 35.5. The van der Waals surface area contributed by atoms with Gasteiger partial charge in [0, 0.05) is 32.2 Å². The largest absolute Gasteiger partial charge is 0.373 e. The van der Waals surface area contributed by atoms with Gasteiger partial charge in [-0.2, -0.15) is 5.26 Å². The van der Waals surface area contributed by atoms with Gasteiger partial charge in [-0.05, 0) is 35.6 Å². The number of rotatable bonds is 4. The minimum atomic E-state index is 0. The van der Waals surface area contributed by atoms with Crippen LogP contribution in [0.3, 0.4) is 0 Å². The van der Waals surface area contributed by atoms with E-state index in [1.54, 1.807) is 0 Å². The van der Waals surface area contributed by atoms with Gasteiger partial charge < -0.3 is 10.1 Å². The van der Waals surface area contributed by atoms with Crippen LogP contribution in [0.1, 0.15) is 40.8 Å². The molecule has 0 saturated carbocycles. The van der Waals surface area contributed by atoms with Crippen LogP contribution in [0.2, 0.25) is 0 Å². The molecular weight excluding hydrogens is 358 g/mol. The quantitative estimate of drug-likeness (QED) is 0.875. The van der Waals surface area contributed by atoms with Gasteiger partial charge in [0.25, 0.3) is 0 Å². The van der Waals surface area contributed by atoms with Crippen LogP contribution in [-0.4, -0.2) is 37.7 Å².